The number of para-hydroxylation sites is 1. The van der Waals surface area contributed by atoms with Crippen LogP contribution in [0.5, 0.6) is 5.75 Å². The molecule has 2 fully saturated rings. The van der Waals surface area contributed by atoms with Crippen molar-refractivity contribution >= 4 is 5.69 Å². The number of ether oxygens (including phenoxy) is 1. The van der Waals surface area contributed by atoms with Gasteiger partial charge in [-0.05, 0) is 25.0 Å². The van der Waals surface area contributed by atoms with E-state index in [0.717, 1.165) is 30.1 Å². The average Bonchev–Trinajstić information content (AvgIpc) is 2.44. The molecule has 3 rings (SSSR count). The minimum absolute atomic E-state index is 0.520. The van der Waals surface area contributed by atoms with Gasteiger partial charge in [-0.3, -0.25) is 0 Å². The standard InChI is InChI=1S/C16H20N2O/c1-19-14-7-5-6-13(10-17)15(14)18-11-16(12-18)8-3-2-4-9-16/h5-7H,2-4,8-9,11-12H2,1H3. The van der Waals surface area contributed by atoms with Gasteiger partial charge in [-0.2, -0.15) is 5.26 Å². The van der Waals surface area contributed by atoms with Crippen LogP contribution in [0, 0.1) is 16.7 Å². The molecule has 1 spiro atoms. The van der Waals surface area contributed by atoms with Crippen LogP contribution in [0.25, 0.3) is 0 Å². The Balaban J connectivity index is 1.83. The lowest BCUT2D eigenvalue weighted by Crippen LogP contribution is -2.57. The topological polar surface area (TPSA) is 36.3 Å². The van der Waals surface area contributed by atoms with E-state index < -0.39 is 0 Å². The van der Waals surface area contributed by atoms with Crippen LogP contribution < -0.4 is 9.64 Å². The van der Waals surface area contributed by atoms with Crippen molar-refractivity contribution in [1.29, 1.82) is 5.26 Å². The summed E-state index contributed by atoms with van der Waals surface area (Å²) in [4.78, 5) is 2.32. The van der Waals surface area contributed by atoms with Crippen molar-refractivity contribution in [3.63, 3.8) is 0 Å². The first-order valence-electron chi connectivity index (χ1n) is 7.10. The monoisotopic (exact) mass is 256 g/mol. The summed E-state index contributed by atoms with van der Waals surface area (Å²) in [5, 5.41) is 9.28. The summed E-state index contributed by atoms with van der Waals surface area (Å²) in [5.41, 5.74) is 2.24. The van der Waals surface area contributed by atoms with Gasteiger partial charge in [0.25, 0.3) is 0 Å². The zero-order valence-corrected chi connectivity index (χ0v) is 11.5. The highest BCUT2D eigenvalue weighted by atomic mass is 16.5. The predicted molar refractivity (Wildman–Crippen MR) is 75.4 cm³/mol. The quantitative estimate of drug-likeness (QED) is 0.814. The Bertz CT molecular complexity index is 504. The second kappa shape index (κ2) is 4.77. The molecule has 1 aliphatic heterocycles. The lowest BCUT2D eigenvalue weighted by molar-refractivity contribution is 0.138. The predicted octanol–water partition coefficient (Wildman–Crippen LogP) is 3.34. The molecule has 0 aromatic heterocycles. The number of nitrogens with zero attached hydrogens (tertiary/aromatic N) is 2. The Hall–Kier alpha value is -1.69. The molecule has 1 heterocycles. The van der Waals surface area contributed by atoms with Crippen molar-refractivity contribution in [1.82, 2.24) is 0 Å². The Morgan fingerprint density at radius 3 is 2.58 bits per heavy atom. The van der Waals surface area contributed by atoms with Crippen LogP contribution in [0.3, 0.4) is 0 Å². The van der Waals surface area contributed by atoms with Crippen molar-refractivity contribution in [3.8, 4) is 11.8 Å². The van der Waals surface area contributed by atoms with Gasteiger partial charge in [0, 0.05) is 18.5 Å². The van der Waals surface area contributed by atoms with E-state index in [1.807, 2.05) is 18.2 Å². The minimum atomic E-state index is 0.520. The van der Waals surface area contributed by atoms with E-state index in [4.69, 9.17) is 4.74 Å². The van der Waals surface area contributed by atoms with E-state index in [0.29, 0.717) is 5.41 Å². The molecule has 2 aliphatic rings. The van der Waals surface area contributed by atoms with Gasteiger partial charge >= 0.3 is 0 Å². The van der Waals surface area contributed by atoms with Crippen molar-refractivity contribution < 1.29 is 4.74 Å². The number of hydrogen-bond donors (Lipinski definition) is 0. The molecule has 0 unspecified atom stereocenters. The van der Waals surface area contributed by atoms with Crippen molar-refractivity contribution in [2.24, 2.45) is 5.41 Å². The van der Waals surface area contributed by atoms with Crippen LogP contribution in [-0.4, -0.2) is 20.2 Å². The minimum Gasteiger partial charge on any atom is -0.495 e. The van der Waals surface area contributed by atoms with Gasteiger partial charge in [-0.15, -0.1) is 0 Å². The third kappa shape index (κ3) is 2.06. The molecule has 3 heteroatoms. The van der Waals surface area contributed by atoms with E-state index in [2.05, 4.69) is 11.0 Å². The number of nitriles is 1. The van der Waals surface area contributed by atoms with Gasteiger partial charge in [-0.25, -0.2) is 0 Å². The molecule has 19 heavy (non-hydrogen) atoms. The molecule has 1 aliphatic carbocycles. The van der Waals surface area contributed by atoms with Crippen LogP contribution in [0.15, 0.2) is 18.2 Å². The van der Waals surface area contributed by atoms with Crippen LogP contribution in [0.2, 0.25) is 0 Å². The highest BCUT2D eigenvalue weighted by Gasteiger charge is 2.44. The Morgan fingerprint density at radius 1 is 1.21 bits per heavy atom. The molecule has 0 bridgehead atoms. The van der Waals surface area contributed by atoms with Crippen molar-refractivity contribution in [2.45, 2.75) is 32.1 Å². The zero-order valence-electron chi connectivity index (χ0n) is 11.5. The first-order chi connectivity index (χ1) is 9.28. The van der Waals surface area contributed by atoms with Gasteiger partial charge in [0.05, 0.1) is 18.4 Å². The summed E-state index contributed by atoms with van der Waals surface area (Å²) in [6, 6.07) is 8.00. The van der Waals surface area contributed by atoms with Crippen LogP contribution in [0.4, 0.5) is 5.69 Å². The average molecular weight is 256 g/mol. The highest BCUT2D eigenvalue weighted by Crippen LogP contribution is 2.48. The van der Waals surface area contributed by atoms with Gasteiger partial charge in [0.2, 0.25) is 0 Å². The molecule has 1 saturated carbocycles. The summed E-state index contributed by atoms with van der Waals surface area (Å²) in [5.74, 6) is 0.824. The number of rotatable bonds is 2. The maximum atomic E-state index is 9.28. The van der Waals surface area contributed by atoms with E-state index in [1.165, 1.54) is 32.1 Å². The van der Waals surface area contributed by atoms with Crippen LogP contribution in [0.1, 0.15) is 37.7 Å². The van der Waals surface area contributed by atoms with E-state index in [9.17, 15) is 5.26 Å². The van der Waals surface area contributed by atoms with Crippen LogP contribution in [-0.2, 0) is 0 Å². The zero-order chi connectivity index (χ0) is 13.3. The summed E-state index contributed by atoms with van der Waals surface area (Å²) in [6.07, 6.45) is 6.82. The number of methoxy groups -OCH3 is 1. The number of hydrogen-bond acceptors (Lipinski definition) is 3. The first-order valence-corrected chi connectivity index (χ1v) is 7.10. The Morgan fingerprint density at radius 2 is 1.95 bits per heavy atom. The second-order valence-electron chi connectivity index (χ2n) is 5.88. The fourth-order valence-electron chi connectivity index (χ4n) is 3.64. The van der Waals surface area contributed by atoms with Gasteiger partial charge in [0.1, 0.15) is 11.8 Å². The molecule has 0 N–H and O–H groups in total. The summed E-state index contributed by atoms with van der Waals surface area (Å²) < 4.78 is 5.43. The van der Waals surface area contributed by atoms with Crippen LogP contribution >= 0.6 is 0 Å². The normalized spacial score (nSPS) is 20.7. The molecular formula is C16H20N2O. The third-order valence-corrected chi connectivity index (χ3v) is 4.62. The van der Waals surface area contributed by atoms with Gasteiger partial charge in [-0.1, -0.05) is 25.3 Å². The second-order valence-corrected chi connectivity index (χ2v) is 5.88. The SMILES string of the molecule is COc1cccc(C#N)c1N1CC2(CCCCC2)C1. The molecule has 0 atom stereocenters. The fourth-order valence-corrected chi connectivity index (χ4v) is 3.64. The molecule has 1 aromatic carbocycles. The molecule has 1 saturated heterocycles. The lowest BCUT2D eigenvalue weighted by atomic mass is 9.68. The number of anilines is 1. The molecule has 0 radical (unpaired) electrons. The van der Waals surface area contributed by atoms with E-state index >= 15 is 0 Å². The number of benzene rings is 1. The van der Waals surface area contributed by atoms with Gasteiger partial charge in [0.15, 0.2) is 0 Å². The molecule has 100 valence electrons. The largest absolute Gasteiger partial charge is 0.495 e. The molecular weight excluding hydrogens is 236 g/mol. The van der Waals surface area contributed by atoms with Crippen molar-refractivity contribution in [3.05, 3.63) is 23.8 Å². The molecule has 0 amide bonds. The molecule has 3 nitrogen and oxygen atoms in total. The Kier molecular flexibility index (Phi) is 3.10. The maximum Gasteiger partial charge on any atom is 0.143 e. The lowest BCUT2D eigenvalue weighted by Gasteiger charge is -2.54. The Labute approximate surface area is 114 Å². The smallest absolute Gasteiger partial charge is 0.143 e. The summed E-state index contributed by atoms with van der Waals surface area (Å²) in [6.45, 7) is 2.17. The summed E-state index contributed by atoms with van der Waals surface area (Å²) in [7, 11) is 1.68. The van der Waals surface area contributed by atoms with E-state index in [1.54, 1.807) is 7.11 Å². The van der Waals surface area contributed by atoms with Crippen molar-refractivity contribution in [2.75, 3.05) is 25.1 Å². The third-order valence-electron chi connectivity index (χ3n) is 4.62. The molecule has 1 aromatic rings. The van der Waals surface area contributed by atoms with E-state index in [-0.39, 0.29) is 0 Å². The summed E-state index contributed by atoms with van der Waals surface area (Å²) >= 11 is 0. The van der Waals surface area contributed by atoms with Gasteiger partial charge < -0.3 is 9.64 Å². The first kappa shape index (κ1) is 12.3. The maximum absolute atomic E-state index is 9.28. The fraction of sp³-hybridized carbons (Fsp3) is 0.562. The highest BCUT2D eigenvalue weighted by molar-refractivity contribution is 5.69.